The minimum Gasteiger partial charge on any atom is -0.459 e. The number of nitrogens with one attached hydrogen (secondary N) is 2. The van der Waals surface area contributed by atoms with E-state index in [-0.39, 0.29) is 17.6 Å². The van der Waals surface area contributed by atoms with Crippen LogP contribution >= 0.6 is 22.9 Å². The van der Waals surface area contributed by atoms with Crippen LogP contribution in [0.2, 0.25) is 5.02 Å². The molecule has 140 valence electrons. The predicted octanol–water partition coefficient (Wildman–Crippen LogP) is 3.84. The fourth-order valence-corrected chi connectivity index (χ4v) is 3.42. The summed E-state index contributed by atoms with van der Waals surface area (Å²) in [6, 6.07) is 9.65. The van der Waals surface area contributed by atoms with Crippen molar-refractivity contribution >= 4 is 39.9 Å². The van der Waals surface area contributed by atoms with Crippen molar-refractivity contribution in [3.63, 3.8) is 0 Å². The summed E-state index contributed by atoms with van der Waals surface area (Å²) in [6.07, 6.45) is 1.40. The molecule has 0 bridgehead atoms. The van der Waals surface area contributed by atoms with Crippen LogP contribution in [0.3, 0.4) is 0 Å². The van der Waals surface area contributed by atoms with Gasteiger partial charge in [-0.3, -0.25) is 14.9 Å². The Morgan fingerprint density at radius 2 is 1.93 bits per heavy atom. The maximum atomic E-state index is 12.6. The van der Waals surface area contributed by atoms with Crippen LogP contribution in [-0.2, 0) is 4.79 Å². The zero-order valence-electron chi connectivity index (χ0n) is 14.6. The highest BCUT2D eigenvalue weighted by molar-refractivity contribution is 7.18. The lowest BCUT2D eigenvalue weighted by atomic mass is 10.0. The van der Waals surface area contributed by atoms with Crippen LogP contribution in [0.15, 0.2) is 47.1 Å². The lowest BCUT2D eigenvalue weighted by Crippen LogP contribution is -2.47. The summed E-state index contributed by atoms with van der Waals surface area (Å²) in [5, 5.41) is 14.9. The summed E-state index contributed by atoms with van der Waals surface area (Å²) in [7, 11) is 0. The zero-order valence-corrected chi connectivity index (χ0v) is 16.2. The number of amides is 2. The van der Waals surface area contributed by atoms with Gasteiger partial charge in [0.15, 0.2) is 10.8 Å². The highest BCUT2D eigenvalue weighted by Gasteiger charge is 2.26. The number of furan rings is 1. The average molecular weight is 405 g/mol. The molecule has 0 saturated heterocycles. The van der Waals surface area contributed by atoms with E-state index in [4.69, 9.17) is 16.0 Å². The van der Waals surface area contributed by atoms with Gasteiger partial charge in [-0.2, -0.15) is 0 Å². The van der Waals surface area contributed by atoms with Crippen LogP contribution in [0.25, 0.3) is 10.6 Å². The molecule has 3 rings (SSSR count). The zero-order chi connectivity index (χ0) is 19.4. The molecular weight excluding hydrogens is 388 g/mol. The Bertz CT molecular complexity index is 940. The Kier molecular flexibility index (Phi) is 5.88. The van der Waals surface area contributed by atoms with Gasteiger partial charge < -0.3 is 9.73 Å². The Balaban J connectivity index is 1.71. The Morgan fingerprint density at radius 3 is 2.59 bits per heavy atom. The van der Waals surface area contributed by atoms with E-state index >= 15 is 0 Å². The minimum atomic E-state index is -0.754. The first-order valence-electron chi connectivity index (χ1n) is 8.19. The highest BCUT2D eigenvalue weighted by Crippen LogP contribution is 2.31. The highest BCUT2D eigenvalue weighted by atomic mass is 35.5. The Morgan fingerprint density at radius 1 is 1.15 bits per heavy atom. The van der Waals surface area contributed by atoms with Crippen LogP contribution in [0, 0.1) is 5.92 Å². The largest absolute Gasteiger partial charge is 0.459 e. The molecule has 7 nitrogen and oxygen atoms in total. The molecule has 1 atom stereocenters. The first-order valence-corrected chi connectivity index (χ1v) is 9.39. The summed E-state index contributed by atoms with van der Waals surface area (Å²) in [6.45, 7) is 3.67. The lowest BCUT2D eigenvalue weighted by Gasteiger charge is -2.20. The van der Waals surface area contributed by atoms with Crippen molar-refractivity contribution in [2.45, 2.75) is 19.9 Å². The Hall–Kier alpha value is -2.71. The number of carbonyl (C=O) groups is 2. The van der Waals surface area contributed by atoms with E-state index in [1.807, 2.05) is 32.0 Å². The normalized spacial score (nSPS) is 12.0. The van der Waals surface area contributed by atoms with Gasteiger partial charge in [0.05, 0.1) is 11.3 Å². The third kappa shape index (κ3) is 4.53. The second-order valence-electron chi connectivity index (χ2n) is 6.05. The number of nitrogens with zero attached hydrogens (tertiary/aromatic N) is 2. The van der Waals surface area contributed by atoms with Gasteiger partial charge in [-0.25, -0.2) is 0 Å². The van der Waals surface area contributed by atoms with Crippen molar-refractivity contribution in [2.75, 3.05) is 5.32 Å². The van der Waals surface area contributed by atoms with Gasteiger partial charge >= 0.3 is 0 Å². The van der Waals surface area contributed by atoms with Crippen LogP contribution in [0.4, 0.5) is 5.13 Å². The van der Waals surface area contributed by atoms with Crippen molar-refractivity contribution in [3.05, 3.63) is 53.4 Å². The second kappa shape index (κ2) is 8.32. The van der Waals surface area contributed by atoms with E-state index in [2.05, 4.69) is 20.8 Å². The smallest absolute Gasteiger partial charge is 0.287 e. The molecule has 0 aliphatic heterocycles. The fourth-order valence-electron chi connectivity index (χ4n) is 2.36. The van der Waals surface area contributed by atoms with Gasteiger partial charge in [0, 0.05) is 5.56 Å². The van der Waals surface area contributed by atoms with E-state index in [1.165, 1.54) is 23.7 Å². The average Bonchev–Trinajstić information content (AvgIpc) is 3.31. The number of halogens is 1. The van der Waals surface area contributed by atoms with Crippen molar-refractivity contribution in [2.24, 2.45) is 5.92 Å². The minimum absolute atomic E-state index is 0.139. The molecule has 1 aromatic carbocycles. The molecule has 2 amide bonds. The summed E-state index contributed by atoms with van der Waals surface area (Å²) >= 11 is 7.37. The molecule has 27 heavy (non-hydrogen) atoms. The molecule has 0 aliphatic rings. The summed E-state index contributed by atoms with van der Waals surface area (Å²) in [5.41, 5.74) is 0.740. The summed E-state index contributed by atoms with van der Waals surface area (Å²) < 4.78 is 5.06. The number of hydrogen-bond acceptors (Lipinski definition) is 6. The topological polar surface area (TPSA) is 97.1 Å². The first-order chi connectivity index (χ1) is 13.0. The standard InChI is InChI=1S/C18H17ClN4O3S/c1-10(2)14(20-15(24)13-8-5-9-26-13)16(25)21-18-23-22-17(27-18)11-6-3-4-7-12(11)19/h3-10,14H,1-2H3,(H,20,24)(H,21,23,25). The quantitative estimate of drug-likeness (QED) is 0.650. The molecular formula is C18H17ClN4O3S. The molecule has 0 aliphatic carbocycles. The van der Waals surface area contributed by atoms with Crippen molar-refractivity contribution < 1.29 is 14.0 Å². The molecule has 2 N–H and O–H groups in total. The van der Waals surface area contributed by atoms with Crippen LogP contribution in [0.1, 0.15) is 24.4 Å². The summed E-state index contributed by atoms with van der Waals surface area (Å²) in [5.74, 6) is -0.833. The van der Waals surface area contributed by atoms with Crippen LogP contribution in [0.5, 0.6) is 0 Å². The van der Waals surface area contributed by atoms with Crippen LogP contribution < -0.4 is 10.6 Å². The fraction of sp³-hybridized carbons (Fsp3) is 0.222. The monoisotopic (exact) mass is 404 g/mol. The van der Waals surface area contributed by atoms with Gasteiger partial charge in [-0.05, 0) is 24.1 Å². The molecule has 3 aromatic rings. The SMILES string of the molecule is CC(C)C(NC(=O)c1ccco1)C(=O)Nc1nnc(-c2ccccc2Cl)s1. The van der Waals surface area contributed by atoms with E-state index < -0.39 is 11.9 Å². The number of benzene rings is 1. The Labute approximate surface area is 164 Å². The van der Waals surface area contributed by atoms with Crippen LogP contribution in [-0.4, -0.2) is 28.1 Å². The molecule has 0 radical (unpaired) electrons. The summed E-state index contributed by atoms with van der Waals surface area (Å²) in [4.78, 5) is 24.8. The molecule has 0 fully saturated rings. The maximum absolute atomic E-state index is 12.6. The van der Waals surface area contributed by atoms with Gasteiger partial charge in [-0.15, -0.1) is 10.2 Å². The van der Waals surface area contributed by atoms with E-state index in [0.29, 0.717) is 15.2 Å². The van der Waals surface area contributed by atoms with Gasteiger partial charge in [0.2, 0.25) is 11.0 Å². The van der Waals surface area contributed by atoms with E-state index in [9.17, 15) is 9.59 Å². The van der Waals surface area contributed by atoms with Crippen molar-refractivity contribution in [1.82, 2.24) is 15.5 Å². The number of aromatic nitrogens is 2. The third-order valence-electron chi connectivity index (χ3n) is 3.74. The molecule has 0 spiro atoms. The molecule has 2 heterocycles. The predicted molar refractivity (Wildman–Crippen MR) is 104 cm³/mol. The molecule has 0 saturated carbocycles. The second-order valence-corrected chi connectivity index (χ2v) is 7.44. The molecule has 2 aromatic heterocycles. The van der Waals surface area contributed by atoms with Gasteiger partial charge in [-0.1, -0.05) is 55.0 Å². The van der Waals surface area contributed by atoms with Gasteiger partial charge in [0.1, 0.15) is 6.04 Å². The van der Waals surface area contributed by atoms with Crippen molar-refractivity contribution in [3.8, 4) is 10.6 Å². The number of rotatable bonds is 6. The maximum Gasteiger partial charge on any atom is 0.287 e. The van der Waals surface area contributed by atoms with Crippen molar-refractivity contribution in [1.29, 1.82) is 0 Å². The number of carbonyl (C=O) groups excluding carboxylic acids is 2. The molecule has 9 heteroatoms. The third-order valence-corrected chi connectivity index (χ3v) is 4.94. The van der Waals surface area contributed by atoms with E-state index in [0.717, 1.165) is 5.56 Å². The lowest BCUT2D eigenvalue weighted by molar-refractivity contribution is -0.118. The number of anilines is 1. The van der Waals surface area contributed by atoms with E-state index in [1.54, 1.807) is 12.1 Å². The molecule has 1 unspecified atom stereocenters. The number of hydrogen-bond donors (Lipinski definition) is 2. The van der Waals surface area contributed by atoms with Gasteiger partial charge in [0.25, 0.3) is 5.91 Å². The first kappa shape index (κ1) is 19.1.